The fraction of sp³-hybridized carbons (Fsp3) is 0.350. The van der Waals surface area contributed by atoms with E-state index >= 15 is 0 Å². The van der Waals surface area contributed by atoms with Gasteiger partial charge in [0.15, 0.2) is 5.52 Å². The van der Waals surface area contributed by atoms with E-state index in [9.17, 15) is 4.79 Å². The van der Waals surface area contributed by atoms with E-state index in [1.807, 2.05) is 64.1 Å². The van der Waals surface area contributed by atoms with Gasteiger partial charge in [-0.2, -0.15) is 0 Å². The molecule has 0 bridgehead atoms. The van der Waals surface area contributed by atoms with E-state index in [2.05, 4.69) is 0 Å². The molecular formula is C20H26LiO3P. The van der Waals surface area contributed by atoms with Crippen molar-refractivity contribution in [1.82, 2.24) is 0 Å². The normalized spacial score (nSPS) is 10.7. The van der Waals surface area contributed by atoms with Gasteiger partial charge in [0, 0.05) is 12.2 Å². The second kappa shape index (κ2) is 10.8. The summed E-state index contributed by atoms with van der Waals surface area (Å²) in [6, 6.07) is 11.9. The van der Waals surface area contributed by atoms with Crippen LogP contribution in [0.5, 0.6) is 5.75 Å². The third kappa shape index (κ3) is 6.28. The van der Waals surface area contributed by atoms with Gasteiger partial charge in [-0.3, -0.25) is 4.79 Å². The zero-order valence-corrected chi connectivity index (χ0v) is 16.8. The van der Waals surface area contributed by atoms with Gasteiger partial charge < -0.3 is 10.9 Å². The van der Waals surface area contributed by atoms with Crippen molar-refractivity contribution < 1.29 is 34.6 Å². The van der Waals surface area contributed by atoms with Crippen LogP contribution in [0.2, 0.25) is 0 Å². The summed E-state index contributed by atoms with van der Waals surface area (Å²) in [5, 5.41) is 1.07. The number of rotatable bonds is 8. The first-order valence-electron chi connectivity index (χ1n) is 8.21. The third-order valence-corrected chi connectivity index (χ3v) is 5.16. The van der Waals surface area contributed by atoms with E-state index in [-0.39, 0.29) is 34.4 Å². The molecule has 0 aliphatic carbocycles. The summed E-state index contributed by atoms with van der Waals surface area (Å²) in [4.78, 5) is 12.7. The van der Waals surface area contributed by atoms with E-state index in [4.69, 9.17) is 9.47 Å². The first-order valence-corrected chi connectivity index (χ1v) is 9.21. The van der Waals surface area contributed by atoms with E-state index in [0.717, 1.165) is 33.3 Å². The number of carbonyl (C=O) groups excluding carboxylic acids is 1. The molecule has 5 heteroatoms. The van der Waals surface area contributed by atoms with Gasteiger partial charge in [0.05, 0.1) is 6.61 Å². The van der Waals surface area contributed by atoms with Crippen LogP contribution in [0, 0.1) is 20.8 Å². The average Bonchev–Trinajstić information content (AvgIpc) is 2.54. The molecule has 3 nitrogen and oxygen atoms in total. The molecule has 0 radical (unpaired) electrons. The second-order valence-corrected chi connectivity index (χ2v) is 6.99. The van der Waals surface area contributed by atoms with Gasteiger partial charge in [-0.25, -0.2) is 0 Å². The molecular weight excluding hydrogens is 326 g/mol. The molecule has 1 unspecified atom stereocenters. The molecule has 0 N–H and O–H groups in total. The van der Waals surface area contributed by atoms with Gasteiger partial charge in [0.2, 0.25) is 0 Å². The molecule has 130 valence electrons. The summed E-state index contributed by atoms with van der Waals surface area (Å²) in [7, 11) is 0.127. The van der Waals surface area contributed by atoms with Crippen molar-refractivity contribution in [1.29, 1.82) is 0 Å². The third-order valence-electron chi connectivity index (χ3n) is 3.85. The van der Waals surface area contributed by atoms with Gasteiger partial charge >= 0.3 is 18.9 Å². The molecule has 0 fully saturated rings. The smallest absolute Gasteiger partial charge is 1.00 e. The summed E-state index contributed by atoms with van der Waals surface area (Å²) < 4.78 is 10.9. The summed E-state index contributed by atoms with van der Waals surface area (Å²) in [6.45, 7) is 9.80. The molecule has 0 saturated heterocycles. The van der Waals surface area contributed by atoms with Crippen molar-refractivity contribution in [3.05, 3.63) is 58.7 Å². The van der Waals surface area contributed by atoms with Crippen LogP contribution in [0.15, 0.2) is 36.4 Å². The van der Waals surface area contributed by atoms with Gasteiger partial charge in [-0.15, -0.1) is 0 Å². The van der Waals surface area contributed by atoms with Crippen LogP contribution in [-0.4, -0.2) is 25.3 Å². The molecule has 0 heterocycles. The van der Waals surface area contributed by atoms with Crippen molar-refractivity contribution >= 4 is 19.4 Å². The number of benzene rings is 2. The molecule has 2 rings (SSSR count). The van der Waals surface area contributed by atoms with Crippen LogP contribution in [-0.2, 0) is 4.74 Å². The fourth-order valence-corrected chi connectivity index (χ4v) is 3.79. The van der Waals surface area contributed by atoms with E-state index in [1.54, 1.807) is 0 Å². The van der Waals surface area contributed by atoms with Crippen LogP contribution < -0.4 is 28.9 Å². The fourth-order valence-electron chi connectivity index (χ4n) is 2.59. The van der Waals surface area contributed by atoms with Gasteiger partial charge in [-0.05, 0) is 70.4 Å². The molecule has 0 aliphatic rings. The minimum atomic E-state index is 0. The van der Waals surface area contributed by atoms with Crippen molar-refractivity contribution in [3.8, 4) is 5.75 Å². The maximum atomic E-state index is 12.7. The standard InChI is InChI=1S/C20H25O3P.Li.H/c1-5-22-11-12-23-17-9-10-18(16(4)13-17)24-20(21)19-14(2)7-6-8-15(19)3;;/h6-10,13,24H,5,11-12H2,1-4H3;;/q;+1;-1. The molecule has 1 atom stereocenters. The Morgan fingerprint density at radius 1 is 1.04 bits per heavy atom. The number of hydrogen-bond donors (Lipinski definition) is 0. The summed E-state index contributed by atoms with van der Waals surface area (Å²) >= 11 is 0. The van der Waals surface area contributed by atoms with Crippen molar-refractivity contribution in [2.24, 2.45) is 0 Å². The van der Waals surface area contributed by atoms with Crippen LogP contribution >= 0.6 is 8.58 Å². The minimum absolute atomic E-state index is 0. The number of hydrogen-bond acceptors (Lipinski definition) is 3. The second-order valence-electron chi connectivity index (χ2n) is 5.74. The van der Waals surface area contributed by atoms with Crippen LogP contribution in [0.25, 0.3) is 0 Å². The summed E-state index contributed by atoms with van der Waals surface area (Å²) in [5.74, 6) is 0.820. The van der Waals surface area contributed by atoms with Gasteiger partial charge in [0.25, 0.3) is 0 Å². The maximum absolute atomic E-state index is 12.7. The van der Waals surface area contributed by atoms with Crippen molar-refractivity contribution in [2.45, 2.75) is 27.7 Å². The SMILES string of the molecule is CCOCCOc1ccc(PC(=O)c2c(C)cccc2C)c(C)c1.[H-].[Li+]. The van der Waals surface area contributed by atoms with E-state index < -0.39 is 0 Å². The first kappa shape index (κ1) is 21.9. The molecule has 0 spiro atoms. The Morgan fingerprint density at radius 2 is 1.72 bits per heavy atom. The minimum Gasteiger partial charge on any atom is -1.00 e. The van der Waals surface area contributed by atoms with Crippen LogP contribution in [0.1, 0.15) is 35.4 Å². The molecule has 0 aromatic heterocycles. The zero-order chi connectivity index (χ0) is 17.5. The Labute approximate surface area is 165 Å². The topological polar surface area (TPSA) is 35.5 Å². The molecule has 2 aromatic carbocycles. The van der Waals surface area contributed by atoms with Gasteiger partial charge in [0.1, 0.15) is 12.4 Å². The average molecular weight is 352 g/mol. The molecule has 25 heavy (non-hydrogen) atoms. The monoisotopic (exact) mass is 352 g/mol. The zero-order valence-electron chi connectivity index (χ0n) is 16.8. The molecule has 0 saturated carbocycles. The molecule has 0 amide bonds. The Kier molecular flexibility index (Phi) is 9.47. The molecule has 0 aliphatic heterocycles. The molecule has 2 aromatic rings. The van der Waals surface area contributed by atoms with Crippen molar-refractivity contribution in [3.63, 3.8) is 0 Å². The number of ether oxygens (including phenoxy) is 2. The Bertz CT molecular complexity index is 702. The number of aryl methyl sites for hydroxylation is 3. The Hall–Kier alpha value is -1.10. The summed E-state index contributed by atoms with van der Waals surface area (Å²) in [6.07, 6.45) is 0. The largest absolute Gasteiger partial charge is 1.00 e. The summed E-state index contributed by atoms with van der Waals surface area (Å²) in [5.41, 5.74) is 4.22. The van der Waals surface area contributed by atoms with Crippen LogP contribution in [0.3, 0.4) is 0 Å². The number of carbonyl (C=O) groups is 1. The van der Waals surface area contributed by atoms with Crippen molar-refractivity contribution in [2.75, 3.05) is 19.8 Å². The van der Waals surface area contributed by atoms with E-state index in [0.29, 0.717) is 19.8 Å². The predicted octanol–water partition coefficient (Wildman–Crippen LogP) is 1.29. The Balaban J connectivity index is 0.00000312. The van der Waals surface area contributed by atoms with Gasteiger partial charge in [-0.1, -0.05) is 24.3 Å². The predicted molar refractivity (Wildman–Crippen MR) is 102 cm³/mol. The Morgan fingerprint density at radius 3 is 2.32 bits per heavy atom. The van der Waals surface area contributed by atoms with Crippen LogP contribution in [0.4, 0.5) is 0 Å². The van der Waals surface area contributed by atoms with E-state index in [1.165, 1.54) is 0 Å². The quantitative estimate of drug-likeness (QED) is 0.408. The maximum Gasteiger partial charge on any atom is 1.00 e. The first-order chi connectivity index (χ1) is 11.5.